The Kier molecular flexibility index (Phi) is 3.54. The maximum absolute atomic E-state index is 12.0. The fraction of sp³-hybridized carbons (Fsp3) is 0.100. The van der Waals surface area contributed by atoms with Crippen molar-refractivity contribution in [3.63, 3.8) is 0 Å². The van der Waals surface area contributed by atoms with Crippen LogP contribution >= 0.6 is 0 Å². The highest BCUT2D eigenvalue weighted by atomic mass is 32.2. The van der Waals surface area contributed by atoms with Crippen molar-refractivity contribution in [3.05, 3.63) is 36.7 Å². The molecule has 1 aromatic heterocycles. The predicted octanol–water partition coefficient (Wildman–Crippen LogP) is -0.132. The van der Waals surface area contributed by atoms with E-state index in [1.165, 1.54) is 41.3 Å². The molecule has 2 rings (SSSR count). The van der Waals surface area contributed by atoms with Crippen LogP contribution in [0.25, 0.3) is 0 Å². The van der Waals surface area contributed by atoms with Crippen molar-refractivity contribution in [2.45, 2.75) is 9.79 Å². The predicted molar refractivity (Wildman–Crippen MR) is 71.8 cm³/mol. The third-order valence-electron chi connectivity index (χ3n) is 2.43. The zero-order valence-electron chi connectivity index (χ0n) is 10.4. The Labute approximate surface area is 116 Å². The van der Waals surface area contributed by atoms with Crippen molar-refractivity contribution >= 4 is 25.7 Å². The van der Waals surface area contributed by atoms with Gasteiger partial charge in [-0.05, 0) is 24.3 Å². The molecular formula is C10H12N4O4S2. The second kappa shape index (κ2) is 4.89. The van der Waals surface area contributed by atoms with Crippen LogP contribution in [0.15, 0.2) is 46.5 Å². The van der Waals surface area contributed by atoms with Gasteiger partial charge in [0.2, 0.25) is 10.0 Å². The van der Waals surface area contributed by atoms with E-state index in [2.05, 4.69) is 9.82 Å². The first-order valence-electron chi connectivity index (χ1n) is 5.33. The van der Waals surface area contributed by atoms with Crippen LogP contribution in [-0.2, 0) is 27.1 Å². The van der Waals surface area contributed by atoms with Crippen LogP contribution in [0.4, 0.5) is 5.69 Å². The number of hydrogen-bond donors (Lipinski definition) is 2. The topological polar surface area (TPSA) is 124 Å². The fourth-order valence-electron chi connectivity index (χ4n) is 1.46. The molecule has 0 amide bonds. The molecule has 1 heterocycles. The van der Waals surface area contributed by atoms with E-state index in [4.69, 9.17) is 5.14 Å². The lowest BCUT2D eigenvalue weighted by Gasteiger charge is -2.06. The first-order chi connectivity index (χ1) is 9.18. The SMILES string of the molecule is Cn1cc(S(=O)(=O)Nc2ccc(S(N)(=O)=O)cc2)cn1. The van der Waals surface area contributed by atoms with Crippen molar-refractivity contribution in [3.8, 4) is 0 Å². The third kappa shape index (κ3) is 3.15. The lowest BCUT2D eigenvalue weighted by molar-refractivity contribution is 0.597. The molecule has 0 aliphatic rings. The standard InChI is InChI=1S/C10H12N4O4S2/c1-14-7-10(6-12-14)20(17,18)13-8-2-4-9(5-3-8)19(11,15)16/h2-7,13H,1H3,(H2,11,15,16). The first-order valence-corrected chi connectivity index (χ1v) is 8.36. The normalized spacial score (nSPS) is 12.3. The number of aryl methyl sites for hydroxylation is 1. The van der Waals surface area contributed by atoms with Gasteiger partial charge in [0.25, 0.3) is 10.0 Å². The third-order valence-corrected chi connectivity index (χ3v) is 4.69. The number of nitrogens with two attached hydrogens (primary N) is 1. The van der Waals surface area contributed by atoms with Crippen molar-refractivity contribution in [2.75, 3.05) is 4.72 Å². The lowest BCUT2D eigenvalue weighted by atomic mass is 10.3. The number of primary sulfonamides is 1. The van der Waals surface area contributed by atoms with E-state index < -0.39 is 20.0 Å². The van der Waals surface area contributed by atoms with Gasteiger partial charge in [-0.2, -0.15) is 5.10 Å². The molecule has 108 valence electrons. The van der Waals surface area contributed by atoms with E-state index in [0.29, 0.717) is 0 Å². The molecule has 10 heteroatoms. The van der Waals surface area contributed by atoms with Crippen LogP contribution in [0.3, 0.4) is 0 Å². The summed E-state index contributed by atoms with van der Waals surface area (Å²) in [5.74, 6) is 0. The first kappa shape index (κ1) is 14.5. The lowest BCUT2D eigenvalue weighted by Crippen LogP contribution is -2.14. The minimum Gasteiger partial charge on any atom is -0.280 e. The quantitative estimate of drug-likeness (QED) is 0.813. The highest BCUT2D eigenvalue weighted by Crippen LogP contribution is 2.17. The Morgan fingerprint density at radius 1 is 1.10 bits per heavy atom. The minimum absolute atomic E-state index is 0.00974. The average Bonchev–Trinajstić information content (AvgIpc) is 2.76. The number of rotatable bonds is 4. The van der Waals surface area contributed by atoms with Gasteiger partial charge in [0, 0.05) is 18.9 Å². The van der Waals surface area contributed by atoms with E-state index in [1.54, 1.807) is 7.05 Å². The number of nitrogens with zero attached hydrogens (tertiary/aromatic N) is 2. The van der Waals surface area contributed by atoms with Crippen molar-refractivity contribution in [2.24, 2.45) is 12.2 Å². The Morgan fingerprint density at radius 3 is 2.15 bits per heavy atom. The van der Waals surface area contributed by atoms with E-state index in [-0.39, 0.29) is 15.5 Å². The summed E-state index contributed by atoms with van der Waals surface area (Å²) in [6.07, 6.45) is 2.56. The molecule has 0 saturated heterocycles. The molecule has 0 unspecified atom stereocenters. The molecule has 0 aliphatic heterocycles. The largest absolute Gasteiger partial charge is 0.280 e. The molecule has 0 atom stereocenters. The van der Waals surface area contributed by atoms with E-state index in [1.807, 2.05) is 0 Å². The van der Waals surface area contributed by atoms with Crippen LogP contribution in [0.1, 0.15) is 0 Å². The van der Waals surface area contributed by atoms with Crippen molar-refractivity contribution < 1.29 is 16.8 Å². The van der Waals surface area contributed by atoms with Crippen LogP contribution in [0.2, 0.25) is 0 Å². The second-order valence-electron chi connectivity index (χ2n) is 4.02. The zero-order valence-corrected chi connectivity index (χ0v) is 12.0. The molecule has 1 aromatic carbocycles. The molecule has 3 N–H and O–H groups in total. The molecule has 2 aromatic rings. The fourth-order valence-corrected chi connectivity index (χ4v) is 3.02. The van der Waals surface area contributed by atoms with E-state index >= 15 is 0 Å². The van der Waals surface area contributed by atoms with Crippen LogP contribution in [0, 0.1) is 0 Å². The molecular weight excluding hydrogens is 304 g/mol. The zero-order chi connectivity index (χ0) is 15.0. The monoisotopic (exact) mass is 316 g/mol. The number of sulfonamides is 2. The van der Waals surface area contributed by atoms with Crippen LogP contribution < -0.4 is 9.86 Å². The Balaban J connectivity index is 2.26. The van der Waals surface area contributed by atoms with Gasteiger partial charge in [-0.25, -0.2) is 22.0 Å². The maximum Gasteiger partial charge on any atom is 0.265 e. The number of hydrogen-bond acceptors (Lipinski definition) is 5. The van der Waals surface area contributed by atoms with Gasteiger partial charge in [-0.15, -0.1) is 0 Å². The molecule has 0 radical (unpaired) electrons. The summed E-state index contributed by atoms with van der Waals surface area (Å²) in [6, 6.07) is 5.06. The Bertz CT molecular complexity index is 822. The number of anilines is 1. The van der Waals surface area contributed by atoms with Crippen molar-refractivity contribution in [1.29, 1.82) is 0 Å². The van der Waals surface area contributed by atoms with Crippen LogP contribution in [-0.4, -0.2) is 26.6 Å². The number of benzene rings is 1. The summed E-state index contributed by atoms with van der Waals surface area (Å²) in [5, 5.41) is 8.72. The summed E-state index contributed by atoms with van der Waals surface area (Å²) in [5.41, 5.74) is 0.223. The van der Waals surface area contributed by atoms with Gasteiger partial charge < -0.3 is 0 Å². The molecule has 0 spiro atoms. The van der Waals surface area contributed by atoms with Gasteiger partial charge in [0.15, 0.2) is 0 Å². The maximum atomic E-state index is 12.0. The molecule has 0 aliphatic carbocycles. The van der Waals surface area contributed by atoms with Crippen LogP contribution in [0.5, 0.6) is 0 Å². The summed E-state index contributed by atoms with van der Waals surface area (Å²) >= 11 is 0. The van der Waals surface area contributed by atoms with Crippen molar-refractivity contribution in [1.82, 2.24) is 9.78 Å². The second-order valence-corrected chi connectivity index (χ2v) is 7.27. The molecule has 0 fully saturated rings. The molecule has 8 nitrogen and oxygen atoms in total. The number of aromatic nitrogens is 2. The summed E-state index contributed by atoms with van der Waals surface area (Å²) in [4.78, 5) is -0.0858. The van der Waals surface area contributed by atoms with Gasteiger partial charge in [-0.1, -0.05) is 0 Å². The Hall–Kier alpha value is -1.91. The van der Waals surface area contributed by atoms with Gasteiger partial charge in [0.1, 0.15) is 4.90 Å². The summed E-state index contributed by atoms with van der Waals surface area (Å²) in [7, 11) is -5.96. The van der Waals surface area contributed by atoms with Gasteiger partial charge >= 0.3 is 0 Å². The molecule has 20 heavy (non-hydrogen) atoms. The average molecular weight is 316 g/mol. The van der Waals surface area contributed by atoms with Gasteiger partial charge in [-0.3, -0.25) is 9.40 Å². The Morgan fingerprint density at radius 2 is 1.70 bits per heavy atom. The van der Waals surface area contributed by atoms with E-state index in [0.717, 1.165) is 0 Å². The summed E-state index contributed by atoms with van der Waals surface area (Å²) in [6.45, 7) is 0. The minimum atomic E-state index is -3.80. The molecule has 0 bridgehead atoms. The molecule has 0 saturated carbocycles. The smallest absolute Gasteiger partial charge is 0.265 e. The number of nitrogens with one attached hydrogen (secondary N) is 1. The van der Waals surface area contributed by atoms with Gasteiger partial charge in [0.05, 0.1) is 11.1 Å². The summed E-state index contributed by atoms with van der Waals surface area (Å²) < 4.78 is 49.8. The highest BCUT2D eigenvalue weighted by Gasteiger charge is 2.16. The highest BCUT2D eigenvalue weighted by molar-refractivity contribution is 7.92. The van der Waals surface area contributed by atoms with E-state index in [9.17, 15) is 16.8 Å².